The maximum atomic E-state index is 11.7. The van der Waals surface area contributed by atoms with Crippen molar-refractivity contribution in [3.05, 3.63) is 29.5 Å². The SMILES string of the molecule is CCOC(=O)c1cc2cc(C)cc(OS(C)(=O)=O)c2[nH]1. The molecule has 6 nitrogen and oxygen atoms in total. The van der Waals surface area contributed by atoms with E-state index in [4.69, 9.17) is 8.92 Å². The van der Waals surface area contributed by atoms with Gasteiger partial charge >= 0.3 is 16.1 Å². The van der Waals surface area contributed by atoms with E-state index in [1.165, 1.54) is 0 Å². The average Bonchev–Trinajstić information content (AvgIpc) is 2.71. The fourth-order valence-corrected chi connectivity index (χ4v) is 2.36. The van der Waals surface area contributed by atoms with Gasteiger partial charge in [0.15, 0.2) is 5.75 Å². The Bertz CT molecular complexity index is 760. The lowest BCUT2D eigenvalue weighted by Gasteiger charge is -2.05. The molecule has 0 aliphatic rings. The zero-order chi connectivity index (χ0) is 14.9. The first kappa shape index (κ1) is 14.4. The Morgan fingerprint density at radius 3 is 2.60 bits per heavy atom. The minimum absolute atomic E-state index is 0.165. The molecule has 1 aromatic carbocycles. The van der Waals surface area contributed by atoms with Gasteiger partial charge in [0.1, 0.15) is 5.69 Å². The molecule has 20 heavy (non-hydrogen) atoms. The normalized spacial score (nSPS) is 11.6. The summed E-state index contributed by atoms with van der Waals surface area (Å²) in [5, 5.41) is 0.687. The Hall–Kier alpha value is -2.02. The minimum atomic E-state index is -3.64. The number of fused-ring (bicyclic) bond motifs is 1. The van der Waals surface area contributed by atoms with E-state index in [0.717, 1.165) is 11.8 Å². The monoisotopic (exact) mass is 297 g/mol. The zero-order valence-electron chi connectivity index (χ0n) is 11.4. The number of carbonyl (C=O) groups excluding carboxylic acids is 1. The number of aromatic nitrogens is 1. The number of aryl methyl sites for hydroxylation is 1. The largest absolute Gasteiger partial charge is 0.461 e. The second-order valence-corrected chi connectivity index (χ2v) is 5.99. The third-order valence-electron chi connectivity index (χ3n) is 2.57. The van der Waals surface area contributed by atoms with Crippen LogP contribution < -0.4 is 4.18 Å². The standard InChI is InChI=1S/C13H15NO5S/c1-4-18-13(15)10-7-9-5-8(2)6-11(12(9)14-10)19-20(3,16)17/h5-7,14H,4H2,1-3H3. The molecule has 108 valence electrons. The Labute approximate surface area is 116 Å². The molecule has 0 spiro atoms. The van der Waals surface area contributed by atoms with Crippen LogP contribution in [-0.2, 0) is 14.9 Å². The molecular weight excluding hydrogens is 282 g/mol. The summed E-state index contributed by atoms with van der Waals surface area (Å²) < 4.78 is 32.4. The molecule has 0 aliphatic heterocycles. The Balaban J connectivity index is 2.55. The number of H-pyrrole nitrogens is 1. The van der Waals surface area contributed by atoms with Gasteiger partial charge in [-0.15, -0.1) is 0 Å². The number of ether oxygens (including phenoxy) is 1. The van der Waals surface area contributed by atoms with Crippen molar-refractivity contribution in [3.8, 4) is 5.75 Å². The number of esters is 1. The topological polar surface area (TPSA) is 85.5 Å². The van der Waals surface area contributed by atoms with Gasteiger partial charge in [0, 0.05) is 5.39 Å². The molecule has 0 radical (unpaired) electrons. The van der Waals surface area contributed by atoms with Gasteiger partial charge in [-0.25, -0.2) is 4.79 Å². The first-order valence-electron chi connectivity index (χ1n) is 6.00. The summed E-state index contributed by atoms with van der Waals surface area (Å²) in [7, 11) is -3.64. The Morgan fingerprint density at radius 2 is 2.00 bits per heavy atom. The van der Waals surface area contributed by atoms with Gasteiger partial charge in [-0.05, 0) is 37.6 Å². The molecule has 2 aromatic rings. The number of nitrogens with one attached hydrogen (secondary N) is 1. The number of benzene rings is 1. The van der Waals surface area contributed by atoms with Gasteiger partial charge < -0.3 is 13.9 Å². The van der Waals surface area contributed by atoms with Gasteiger partial charge in [-0.3, -0.25) is 0 Å². The molecule has 2 rings (SSSR count). The van der Waals surface area contributed by atoms with Crippen molar-refractivity contribution >= 4 is 27.0 Å². The van der Waals surface area contributed by atoms with Crippen LogP contribution in [0.25, 0.3) is 10.9 Å². The summed E-state index contributed by atoms with van der Waals surface area (Å²) in [6.07, 6.45) is 0.969. The summed E-state index contributed by atoms with van der Waals surface area (Å²) in [4.78, 5) is 14.5. The minimum Gasteiger partial charge on any atom is -0.461 e. The lowest BCUT2D eigenvalue weighted by atomic mass is 10.1. The van der Waals surface area contributed by atoms with Crippen molar-refractivity contribution in [2.75, 3.05) is 12.9 Å². The molecule has 1 aromatic heterocycles. The summed E-state index contributed by atoms with van der Waals surface area (Å²) in [6, 6.07) is 5.02. The zero-order valence-corrected chi connectivity index (χ0v) is 12.2. The van der Waals surface area contributed by atoms with Crippen molar-refractivity contribution < 1.29 is 22.1 Å². The summed E-state index contributed by atoms with van der Waals surface area (Å²) in [5.41, 5.74) is 1.53. The number of hydrogen-bond acceptors (Lipinski definition) is 5. The number of rotatable bonds is 4. The smallest absolute Gasteiger partial charge is 0.354 e. The van der Waals surface area contributed by atoms with Crippen molar-refractivity contribution in [2.24, 2.45) is 0 Å². The first-order valence-corrected chi connectivity index (χ1v) is 7.81. The third-order valence-corrected chi connectivity index (χ3v) is 3.06. The molecule has 1 heterocycles. The molecule has 0 aliphatic carbocycles. The summed E-state index contributed by atoms with van der Waals surface area (Å²) in [5.74, 6) is -0.329. The van der Waals surface area contributed by atoms with Crippen LogP contribution in [0.1, 0.15) is 23.0 Å². The van der Waals surface area contributed by atoms with Crippen molar-refractivity contribution in [1.29, 1.82) is 0 Å². The number of aromatic amines is 1. The Kier molecular flexibility index (Phi) is 3.71. The van der Waals surface area contributed by atoms with Crippen LogP contribution in [0.3, 0.4) is 0 Å². The first-order chi connectivity index (χ1) is 9.30. The Morgan fingerprint density at radius 1 is 1.30 bits per heavy atom. The highest BCUT2D eigenvalue weighted by Crippen LogP contribution is 2.29. The predicted molar refractivity (Wildman–Crippen MR) is 74.5 cm³/mol. The maximum Gasteiger partial charge on any atom is 0.354 e. The van der Waals surface area contributed by atoms with Crippen molar-refractivity contribution in [3.63, 3.8) is 0 Å². The summed E-state index contributed by atoms with van der Waals surface area (Å²) in [6.45, 7) is 3.79. The number of carbonyl (C=O) groups is 1. The van der Waals surface area contributed by atoms with E-state index in [9.17, 15) is 13.2 Å². The van der Waals surface area contributed by atoms with Crippen molar-refractivity contribution in [2.45, 2.75) is 13.8 Å². The number of hydrogen-bond donors (Lipinski definition) is 1. The van der Waals surface area contributed by atoms with Gasteiger partial charge in [0.25, 0.3) is 0 Å². The molecule has 0 saturated heterocycles. The molecule has 0 saturated carbocycles. The van der Waals surface area contributed by atoms with E-state index in [-0.39, 0.29) is 18.1 Å². The molecule has 0 atom stereocenters. The predicted octanol–water partition coefficient (Wildman–Crippen LogP) is 1.99. The van der Waals surface area contributed by atoms with Crippen LogP contribution in [0.4, 0.5) is 0 Å². The van der Waals surface area contributed by atoms with Crippen LogP contribution in [-0.4, -0.2) is 32.2 Å². The molecular formula is C13H15NO5S. The van der Waals surface area contributed by atoms with E-state index in [2.05, 4.69) is 4.98 Å². The second-order valence-electron chi connectivity index (χ2n) is 4.42. The quantitative estimate of drug-likeness (QED) is 0.689. The van der Waals surface area contributed by atoms with Crippen LogP contribution >= 0.6 is 0 Å². The third kappa shape index (κ3) is 3.11. The molecule has 0 fully saturated rings. The molecule has 7 heteroatoms. The highest BCUT2D eigenvalue weighted by atomic mass is 32.2. The van der Waals surface area contributed by atoms with E-state index in [1.807, 2.05) is 13.0 Å². The van der Waals surface area contributed by atoms with Gasteiger partial charge in [0.2, 0.25) is 0 Å². The van der Waals surface area contributed by atoms with Crippen LogP contribution in [0.5, 0.6) is 5.75 Å². The molecule has 0 amide bonds. The van der Waals surface area contributed by atoms with Gasteiger partial charge in [-0.1, -0.05) is 0 Å². The second kappa shape index (κ2) is 5.16. The van der Waals surface area contributed by atoms with Gasteiger partial charge in [0.05, 0.1) is 18.4 Å². The van der Waals surface area contributed by atoms with E-state index >= 15 is 0 Å². The molecule has 0 bridgehead atoms. The van der Waals surface area contributed by atoms with Crippen molar-refractivity contribution in [1.82, 2.24) is 4.98 Å². The van der Waals surface area contributed by atoms with Crippen LogP contribution in [0.2, 0.25) is 0 Å². The molecule has 0 unspecified atom stereocenters. The highest BCUT2D eigenvalue weighted by Gasteiger charge is 2.16. The average molecular weight is 297 g/mol. The molecule has 1 N–H and O–H groups in total. The lowest BCUT2D eigenvalue weighted by Crippen LogP contribution is -2.07. The lowest BCUT2D eigenvalue weighted by molar-refractivity contribution is 0.0520. The maximum absolute atomic E-state index is 11.7. The van der Waals surface area contributed by atoms with Crippen LogP contribution in [0, 0.1) is 6.92 Å². The van der Waals surface area contributed by atoms with Gasteiger partial charge in [-0.2, -0.15) is 8.42 Å². The van der Waals surface area contributed by atoms with E-state index in [0.29, 0.717) is 10.9 Å². The van der Waals surface area contributed by atoms with Crippen LogP contribution in [0.15, 0.2) is 18.2 Å². The fourth-order valence-electron chi connectivity index (χ4n) is 1.90. The van der Waals surface area contributed by atoms with E-state index < -0.39 is 16.1 Å². The van der Waals surface area contributed by atoms with E-state index in [1.54, 1.807) is 19.1 Å². The highest BCUT2D eigenvalue weighted by molar-refractivity contribution is 7.86. The fraction of sp³-hybridized carbons (Fsp3) is 0.308. The summed E-state index contributed by atoms with van der Waals surface area (Å²) >= 11 is 0.